The van der Waals surface area contributed by atoms with Gasteiger partial charge in [-0.2, -0.15) is 4.98 Å². The SMILES string of the molecule is CN1CCN(c2noc(-c3ccc(O)c(N)c3)n2)CC1. The van der Waals surface area contributed by atoms with Crippen LogP contribution in [0.1, 0.15) is 0 Å². The van der Waals surface area contributed by atoms with Crippen LogP contribution in [0.15, 0.2) is 22.7 Å². The Kier molecular flexibility index (Phi) is 3.19. The highest BCUT2D eigenvalue weighted by Gasteiger charge is 2.19. The molecule has 7 nitrogen and oxygen atoms in total. The molecular weight excluding hydrogens is 258 g/mol. The molecule has 1 aromatic carbocycles. The van der Waals surface area contributed by atoms with Crippen molar-refractivity contribution in [3.63, 3.8) is 0 Å². The highest BCUT2D eigenvalue weighted by Crippen LogP contribution is 2.27. The van der Waals surface area contributed by atoms with E-state index in [1.807, 2.05) is 0 Å². The molecule has 1 saturated heterocycles. The molecule has 0 bridgehead atoms. The zero-order valence-electron chi connectivity index (χ0n) is 11.3. The number of hydrogen-bond acceptors (Lipinski definition) is 7. The lowest BCUT2D eigenvalue weighted by molar-refractivity contribution is 0.309. The van der Waals surface area contributed by atoms with E-state index in [4.69, 9.17) is 10.3 Å². The fraction of sp³-hybridized carbons (Fsp3) is 0.385. The molecule has 7 heteroatoms. The van der Waals surface area contributed by atoms with Gasteiger partial charge in [0.2, 0.25) is 0 Å². The summed E-state index contributed by atoms with van der Waals surface area (Å²) in [7, 11) is 2.10. The quantitative estimate of drug-likeness (QED) is 0.618. The molecule has 0 atom stereocenters. The summed E-state index contributed by atoms with van der Waals surface area (Å²) in [6.45, 7) is 3.73. The number of nitrogens with zero attached hydrogens (tertiary/aromatic N) is 4. The van der Waals surface area contributed by atoms with Crippen molar-refractivity contribution in [3.05, 3.63) is 18.2 Å². The number of phenols is 1. The van der Waals surface area contributed by atoms with Crippen LogP contribution in [0.3, 0.4) is 0 Å². The van der Waals surface area contributed by atoms with Crippen molar-refractivity contribution in [2.45, 2.75) is 0 Å². The molecule has 2 heterocycles. The summed E-state index contributed by atoms with van der Waals surface area (Å²) in [5.41, 5.74) is 6.66. The molecule has 0 unspecified atom stereocenters. The second-order valence-corrected chi connectivity index (χ2v) is 4.96. The van der Waals surface area contributed by atoms with Crippen LogP contribution in [0.5, 0.6) is 5.75 Å². The zero-order valence-corrected chi connectivity index (χ0v) is 11.3. The van der Waals surface area contributed by atoms with Crippen LogP contribution in [0.25, 0.3) is 11.5 Å². The molecule has 1 aliphatic heterocycles. The van der Waals surface area contributed by atoms with Crippen molar-refractivity contribution in [2.75, 3.05) is 43.9 Å². The van der Waals surface area contributed by atoms with Gasteiger partial charge in [-0.15, -0.1) is 0 Å². The molecule has 0 radical (unpaired) electrons. The Morgan fingerprint density at radius 2 is 2.00 bits per heavy atom. The van der Waals surface area contributed by atoms with E-state index in [0.717, 1.165) is 26.2 Å². The number of rotatable bonds is 2. The van der Waals surface area contributed by atoms with Crippen molar-refractivity contribution >= 4 is 11.6 Å². The predicted molar refractivity (Wildman–Crippen MR) is 75.5 cm³/mol. The first-order chi connectivity index (χ1) is 9.63. The number of benzene rings is 1. The smallest absolute Gasteiger partial charge is 0.266 e. The number of aromatic hydroxyl groups is 1. The minimum atomic E-state index is 0.0487. The summed E-state index contributed by atoms with van der Waals surface area (Å²) in [4.78, 5) is 8.75. The molecule has 3 rings (SSSR count). The number of phenolic OH excluding ortho intramolecular Hbond substituents is 1. The zero-order chi connectivity index (χ0) is 14.1. The second-order valence-electron chi connectivity index (χ2n) is 4.96. The van der Waals surface area contributed by atoms with Gasteiger partial charge in [-0.1, -0.05) is 0 Å². The average molecular weight is 275 g/mol. The van der Waals surface area contributed by atoms with Crippen LogP contribution in [-0.2, 0) is 0 Å². The van der Waals surface area contributed by atoms with E-state index in [9.17, 15) is 5.11 Å². The third-order valence-electron chi connectivity index (χ3n) is 3.48. The van der Waals surface area contributed by atoms with Crippen molar-refractivity contribution in [3.8, 4) is 17.2 Å². The summed E-state index contributed by atoms with van der Waals surface area (Å²) in [6, 6.07) is 4.84. The van der Waals surface area contributed by atoms with Crippen LogP contribution in [0.4, 0.5) is 11.6 Å². The molecule has 1 fully saturated rings. The first-order valence-corrected chi connectivity index (χ1v) is 6.49. The Bertz CT molecular complexity index is 605. The predicted octanol–water partition coefficient (Wildman–Crippen LogP) is 0.776. The molecule has 0 spiro atoms. The van der Waals surface area contributed by atoms with Crippen LogP contribution < -0.4 is 10.6 Å². The molecule has 1 aliphatic rings. The molecule has 0 aliphatic carbocycles. The molecule has 0 amide bonds. The van der Waals surface area contributed by atoms with Crippen LogP contribution in [0.2, 0.25) is 0 Å². The van der Waals surface area contributed by atoms with E-state index in [1.54, 1.807) is 12.1 Å². The standard InChI is InChI=1S/C13H17N5O2/c1-17-4-6-18(7-5-17)13-15-12(20-16-13)9-2-3-11(19)10(14)8-9/h2-3,8,19H,4-7,14H2,1H3. The largest absolute Gasteiger partial charge is 0.506 e. The van der Waals surface area contributed by atoms with E-state index < -0.39 is 0 Å². The van der Waals surface area contributed by atoms with Gasteiger partial charge in [-0.25, -0.2) is 0 Å². The monoisotopic (exact) mass is 275 g/mol. The Hall–Kier alpha value is -2.28. The third kappa shape index (κ3) is 2.39. The topological polar surface area (TPSA) is 91.7 Å². The number of piperazine rings is 1. The molecule has 1 aromatic heterocycles. The van der Waals surface area contributed by atoms with Crippen molar-refractivity contribution in [1.82, 2.24) is 15.0 Å². The van der Waals surface area contributed by atoms with E-state index >= 15 is 0 Å². The summed E-state index contributed by atoms with van der Waals surface area (Å²) in [6.07, 6.45) is 0. The lowest BCUT2D eigenvalue weighted by Gasteiger charge is -2.31. The van der Waals surface area contributed by atoms with Crippen molar-refractivity contribution < 1.29 is 9.63 Å². The maximum absolute atomic E-state index is 9.42. The van der Waals surface area contributed by atoms with Crippen molar-refractivity contribution in [2.24, 2.45) is 0 Å². The van der Waals surface area contributed by atoms with Gasteiger partial charge in [0.1, 0.15) is 5.75 Å². The van der Waals surface area contributed by atoms with Gasteiger partial charge in [-0.05, 0) is 30.4 Å². The van der Waals surface area contributed by atoms with Crippen LogP contribution in [0, 0.1) is 0 Å². The maximum Gasteiger partial charge on any atom is 0.266 e. The third-order valence-corrected chi connectivity index (χ3v) is 3.48. The van der Waals surface area contributed by atoms with Crippen LogP contribution in [-0.4, -0.2) is 53.4 Å². The molecular formula is C13H17N5O2. The summed E-state index contributed by atoms with van der Waals surface area (Å²) < 4.78 is 5.27. The molecule has 2 aromatic rings. The number of nitrogens with two attached hydrogens (primary N) is 1. The minimum Gasteiger partial charge on any atom is -0.506 e. The molecule has 106 valence electrons. The fourth-order valence-electron chi connectivity index (χ4n) is 2.16. The van der Waals surface area contributed by atoms with Gasteiger partial charge in [-0.3, -0.25) is 0 Å². The van der Waals surface area contributed by atoms with E-state index in [-0.39, 0.29) is 5.75 Å². The average Bonchev–Trinajstić information content (AvgIpc) is 2.92. The Morgan fingerprint density at radius 3 is 2.70 bits per heavy atom. The molecule has 0 saturated carbocycles. The van der Waals surface area contributed by atoms with Gasteiger partial charge in [0.15, 0.2) is 0 Å². The number of hydrogen-bond donors (Lipinski definition) is 2. The summed E-state index contributed by atoms with van der Waals surface area (Å²) >= 11 is 0. The van der Waals surface area contributed by atoms with Gasteiger partial charge in [0, 0.05) is 31.7 Å². The van der Waals surface area contributed by atoms with Gasteiger partial charge >= 0.3 is 0 Å². The summed E-state index contributed by atoms with van der Waals surface area (Å²) in [5, 5.41) is 13.4. The minimum absolute atomic E-state index is 0.0487. The first kappa shape index (κ1) is 12.7. The van der Waals surface area contributed by atoms with Crippen molar-refractivity contribution in [1.29, 1.82) is 0 Å². The fourth-order valence-corrected chi connectivity index (χ4v) is 2.16. The van der Waals surface area contributed by atoms with Gasteiger partial charge < -0.3 is 25.2 Å². The number of aromatic nitrogens is 2. The van der Waals surface area contributed by atoms with E-state index in [1.165, 1.54) is 6.07 Å². The maximum atomic E-state index is 9.42. The van der Waals surface area contributed by atoms with E-state index in [0.29, 0.717) is 23.1 Å². The highest BCUT2D eigenvalue weighted by atomic mass is 16.5. The highest BCUT2D eigenvalue weighted by molar-refractivity contribution is 5.65. The van der Waals surface area contributed by atoms with Gasteiger partial charge in [0.25, 0.3) is 11.8 Å². The summed E-state index contributed by atoms with van der Waals surface area (Å²) in [5.74, 6) is 1.05. The number of nitrogen functional groups attached to an aromatic ring is 1. The lowest BCUT2D eigenvalue weighted by atomic mass is 10.2. The number of likely N-dealkylation sites (N-methyl/N-ethyl adjacent to an activating group) is 1. The lowest BCUT2D eigenvalue weighted by Crippen LogP contribution is -2.44. The van der Waals surface area contributed by atoms with Crippen LogP contribution >= 0.6 is 0 Å². The second kappa shape index (κ2) is 5.01. The van der Waals surface area contributed by atoms with Gasteiger partial charge in [0.05, 0.1) is 5.69 Å². The van der Waals surface area contributed by atoms with E-state index in [2.05, 4.69) is 27.0 Å². The first-order valence-electron chi connectivity index (χ1n) is 6.49. The molecule has 20 heavy (non-hydrogen) atoms. The Labute approximate surface area is 116 Å². The normalized spacial score (nSPS) is 16.6. The Morgan fingerprint density at radius 1 is 1.25 bits per heavy atom. The molecule has 3 N–H and O–H groups in total. The Balaban J connectivity index is 1.81. The number of anilines is 2.